The highest BCUT2D eigenvalue weighted by Crippen LogP contribution is 2.38. The van der Waals surface area contributed by atoms with E-state index in [1.807, 2.05) is 0 Å². The van der Waals surface area contributed by atoms with E-state index in [4.69, 9.17) is 19.3 Å². The minimum absolute atomic E-state index is 0.0837. The number of benzene rings is 2. The lowest BCUT2D eigenvalue weighted by molar-refractivity contribution is 0.0863. The van der Waals surface area contributed by atoms with Gasteiger partial charge in [0, 0.05) is 21.9 Å². The van der Waals surface area contributed by atoms with Crippen molar-refractivity contribution in [2.45, 2.75) is 13.0 Å². The number of nitrogens with zero attached hydrogens (tertiary/aromatic N) is 1. The fourth-order valence-electron chi connectivity index (χ4n) is 3.80. The minimum Gasteiger partial charge on any atom is -0.494 e. The zero-order valence-corrected chi connectivity index (χ0v) is 21.2. The fraction of sp³-hybridized carbons (Fsp3) is 0.222. The van der Waals surface area contributed by atoms with E-state index in [1.165, 1.54) is 49.8 Å². The van der Waals surface area contributed by atoms with Crippen LogP contribution in [-0.2, 0) is 0 Å². The Kier molecular flexibility index (Phi) is 8.00. The van der Waals surface area contributed by atoms with Crippen LogP contribution >= 0.6 is 11.3 Å². The van der Waals surface area contributed by atoms with Gasteiger partial charge in [-0.3, -0.25) is 9.59 Å². The average Bonchev–Trinajstić information content (AvgIpc) is 3.36. The van der Waals surface area contributed by atoms with Crippen LogP contribution in [-0.4, -0.2) is 55.3 Å². The predicted octanol–water partition coefficient (Wildman–Crippen LogP) is 4.49. The van der Waals surface area contributed by atoms with Crippen LogP contribution in [0.4, 0.5) is 4.39 Å². The maximum Gasteiger partial charge on any atom is 0.252 e. The molecule has 4 aromatic rings. The number of rotatable bonds is 10. The molecule has 2 heterocycles. The van der Waals surface area contributed by atoms with Crippen molar-refractivity contribution in [3.8, 4) is 28.5 Å². The molecule has 0 unspecified atom stereocenters. The molecule has 8 nitrogen and oxygen atoms in total. The lowest BCUT2D eigenvalue weighted by atomic mass is 10.1. The third-order valence-corrected chi connectivity index (χ3v) is 6.66. The first-order valence-electron chi connectivity index (χ1n) is 11.4. The highest BCUT2D eigenvalue weighted by atomic mass is 32.1. The summed E-state index contributed by atoms with van der Waals surface area (Å²) in [6, 6.07) is 11.6. The lowest BCUT2D eigenvalue weighted by Gasteiger charge is -2.15. The molecule has 0 bridgehead atoms. The van der Waals surface area contributed by atoms with Crippen LogP contribution in [0.2, 0.25) is 0 Å². The van der Waals surface area contributed by atoms with Gasteiger partial charge >= 0.3 is 0 Å². The largest absolute Gasteiger partial charge is 0.494 e. The molecule has 0 saturated heterocycles. The van der Waals surface area contributed by atoms with Crippen LogP contribution in [0.15, 0.2) is 53.9 Å². The summed E-state index contributed by atoms with van der Waals surface area (Å²) in [5, 5.41) is 14.1. The zero-order valence-electron chi connectivity index (χ0n) is 20.4. The maximum absolute atomic E-state index is 14.2. The number of aromatic nitrogens is 1. The van der Waals surface area contributed by atoms with Gasteiger partial charge in [-0.1, -0.05) is 12.1 Å². The van der Waals surface area contributed by atoms with Crippen molar-refractivity contribution in [2.75, 3.05) is 27.4 Å². The molecule has 1 amide bonds. The molecule has 0 saturated carbocycles. The molecule has 2 N–H and O–H groups in total. The van der Waals surface area contributed by atoms with E-state index in [9.17, 15) is 14.0 Å². The average molecular weight is 525 g/mol. The number of hydrogen-bond donors (Lipinski definition) is 2. The molecule has 1 atom stereocenters. The van der Waals surface area contributed by atoms with E-state index in [2.05, 4.69) is 10.3 Å². The summed E-state index contributed by atoms with van der Waals surface area (Å²) in [5.41, 5.74) is 1.46. The number of pyridine rings is 1. The number of ether oxygens (including phenoxy) is 3. The van der Waals surface area contributed by atoms with E-state index < -0.39 is 17.7 Å². The summed E-state index contributed by atoms with van der Waals surface area (Å²) in [5.74, 6) is -0.0820. The first-order valence-corrected chi connectivity index (χ1v) is 12.2. The molecule has 192 valence electrons. The van der Waals surface area contributed by atoms with Crippen LogP contribution in [0.5, 0.6) is 17.2 Å². The van der Waals surface area contributed by atoms with Gasteiger partial charge in [-0.05, 0) is 43.3 Å². The lowest BCUT2D eigenvalue weighted by Crippen LogP contribution is -2.38. The Labute approximate surface area is 216 Å². The normalized spacial score (nSPS) is 11.7. The van der Waals surface area contributed by atoms with E-state index in [-0.39, 0.29) is 30.3 Å². The Balaban J connectivity index is 1.57. The van der Waals surface area contributed by atoms with Crippen molar-refractivity contribution < 1.29 is 33.3 Å². The number of Topliss-reactive ketones (excluding diaryl/α,β-unsaturated/α-hetero) is 1. The summed E-state index contributed by atoms with van der Waals surface area (Å²) in [7, 11) is 2.93. The van der Waals surface area contributed by atoms with Crippen LogP contribution in [0, 0.1) is 5.82 Å². The molecule has 0 radical (unpaired) electrons. The second-order valence-electron chi connectivity index (χ2n) is 8.01. The van der Waals surface area contributed by atoms with Gasteiger partial charge in [0.25, 0.3) is 5.91 Å². The fourth-order valence-corrected chi connectivity index (χ4v) is 4.76. The van der Waals surface area contributed by atoms with Gasteiger partial charge in [0.1, 0.15) is 29.6 Å². The van der Waals surface area contributed by atoms with Gasteiger partial charge in [-0.25, -0.2) is 9.37 Å². The van der Waals surface area contributed by atoms with Gasteiger partial charge in [0.15, 0.2) is 11.5 Å². The summed E-state index contributed by atoms with van der Waals surface area (Å²) in [4.78, 5) is 30.6. The summed E-state index contributed by atoms with van der Waals surface area (Å²) in [6.07, 6.45) is 0. The first kappa shape index (κ1) is 26.1. The van der Waals surface area contributed by atoms with Crippen molar-refractivity contribution in [1.82, 2.24) is 10.3 Å². The van der Waals surface area contributed by atoms with Crippen molar-refractivity contribution >= 4 is 33.1 Å². The number of carbonyl (C=O) groups excluding carboxylic acids is 2. The van der Waals surface area contributed by atoms with Gasteiger partial charge in [-0.15, -0.1) is 11.3 Å². The Bertz CT molecular complexity index is 1450. The number of amides is 1. The highest BCUT2D eigenvalue weighted by molar-refractivity contribution is 7.17. The molecule has 0 aliphatic carbocycles. The van der Waals surface area contributed by atoms with Gasteiger partial charge < -0.3 is 24.6 Å². The second-order valence-corrected chi connectivity index (χ2v) is 8.89. The molecule has 10 heteroatoms. The number of aliphatic hydroxyl groups excluding tert-OH is 1. The molecule has 0 fully saturated rings. The van der Waals surface area contributed by atoms with Crippen LogP contribution < -0.4 is 19.5 Å². The number of methoxy groups -OCH3 is 2. The Hall–Kier alpha value is -4.02. The third kappa shape index (κ3) is 5.40. The number of halogens is 1. The number of nitrogens with one attached hydrogen (secondary N) is 1. The summed E-state index contributed by atoms with van der Waals surface area (Å²) < 4.78 is 30.8. The molecule has 2 aromatic carbocycles. The van der Waals surface area contributed by atoms with Gasteiger partial charge in [-0.2, -0.15) is 0 Å². The van der Waals surface area contributed by atoms with E-state index in [0.29, 0.717) is 38.6 Å². The molecule has 2 aromatic heterocycles. The van der Waals surface area contributed by atoms with Crippen molar-refractivity contribution in [3.63, 3.8) is 0 Å². The zero-order chi connectivity index (χ0) is 26.5. The quantitative estimate of drug-likeness (QED) is 0.294. The number of carbonyl (C=O) groups is 2. The number of ketones is 1. The molecule has 0 spiro atoms. The first-order chi connectivity index (χ1) is 17.9. The monoisotopic (exact) mass is 524 g/mol. The SMILES string of the molecule is COc1cc(C(=O)N[C@@H](C)C(=O)c2ccc(OC)c(-c3csc4c(F)cccc34)n2)ccc1OCCO. The van der Waals surface area contributed by atoms with Crippen molar-refractivity contribution in [3.05, 3.63) is 71.0 Å². The Morgan fingerprint density at radius 2 is 1.84 bits per heavy atom. The van der Waals surface area contributed by atoms with E-state index >= 15 is 0 Å². The number of aliphatic hydroxyl groups is 1. The van der Waals surface area contributed by atoms with Crippen LogP contribution in [0.3, 0.4) is 0 Å². The number of fused-ring (bicyclic) bond motifs is 1. The Morgan fingerprint density at radius 1 is 1.08 bits per heavy atom. The van der Waals surface area contributed by atoms with E-state index in [0.717, 1.165) is 0 Å². The van der Waals surface area contributed by atoms with Gasteiger partial charge in [0.2, 0.25) is 5.78 Å². The number of thiophene rings is 1. The van der Waals surface area contributed by atoms with Crippen molar-refractivity contribution in [2.24, 2.45) is 0 Å². The van der Waals surface area contributed by atoms with E-state index in [1.54, 1.807) is 36.6 Å². The minimum atomic E-state index is -0.894. The second kappa shape index (κ2) is 11.4. The van der Waals surface area contributed by atoms with Crippen LogP contribution in [0.25, 0.3) is 21.3 Å². The van der Waals surface area contributed by atoms with Gasteiger partial charge in [0.05, 0.1) is 31.6 Å². The molecule has 4 rings (SSSR count). The van der Waals surface area contributed by atoms with Crippen LogP contribution in [0.1, 0.15) is 27.8 Å². The number of hydrogen-bond acceptors (Lipinski definition) is 8. The molecular formula is C27H25FN2O6S. The molecule has 37 heavy (non-hydrogen) atoms. The smallest absolute Gasteiger partial charge is 0.252 e. The standard InChI is InChI=1S/C27H25FN2O6S/c1-15(29-27(33)16-7-9-21(36-12-11-31)23(13-16)35-3)25(32)20-8-10-22(34-2)24(30-20)18-14-37-26-17(18)5-4-6-19(26)28/h4-10,13-15,31H,11-12H2,1-3H3,(H,29,33)/t15-/m0/s1. The van der Waals surface area contributed by atoms with Crippen molar-refractivity contribution in [1.29, 1.82) is 0 Å². The molecule has 0 aliphatic rings. The summed E-state index contributed by atoms with van der Waals surface area (Å²) in [6.45, 7) is 1.49. The summed E-state index contributed by atoms with van der Waals surface area (Å²) >= 11 is 1.25. The topological polar surface area (TPSA) is 107 Å². The third-order valence-electron chi connectivity index (χ3n) is 5.65. The Morgan fingerprint density at radius 3 is 2.57 bits per heavy atom. The molecule has 0 aliphatic heterocycles. The molecular weight excluding hydrogens is 499 g/mol. The maximum atomic E-state index is 14.2. The highest BCUT2D eigenvalue weighted by Gasteiger charge is 2.23. The predicted molar refractivity (Wildman–Crippen MR) is 138 cm³/mol.